The summed E-state index contributed by atoms with van der Waals surface area (Å²) in [6.45, 7) is 8.63. The number of rotatable bonds is 6. The SMILES string of the molecule is CN(C)c1cccc2c(S(=O)(=O)N3CCN(CCNC(=O)OC(C)(C)C)CC3)cccc12. The summed E-state index contributed by atoms with van der Waals surface area (Å²) >= 11 is 0. The molecule has 0 aromatic heterocycles. The van der Waals surface area contributed by atoms with Crippen molar-refractivity contribution >= 4 is 32.6 Å². The first-order valence-electron chi connectivity index (χ1n) is 10.9. The lowest BCUT2D eigenvalue weighted by Crippen LogP contribution is -2.50. The number of hydrogen-bond donors (Lipinski definition) is 1. The number of nitrogens with zero attached hydrogens (tertiary/aromatic N) is 3. The van der Waals surface area contributed by atoms with E-state index in [-0.39, 0.29) is 0 Å². The molecule has 8 nitrogen and oxygen atoms in total. The van der Waals surface area contributed by atoms with Crippen molar-refractivity contribution < 1.29 is 17.9 Å². The first-order valence-corrected chi connectivity index (χ1v) is 12.3. The highest BCUT2D eigenvalue weighted by atomic mass is 32.2. The summed E-state index contributed by atoms with van der Waals surface area (Å²) < 4.78 is 33.7. The van der Waals surface area contributed by atoms with Gasteiger partial charge in [0.2, 0.25) is 10.0 Å². The molecule has 2 aromatic carbocycles. The molecule has 1 heterocycles. The number of amides is 1. The number of carbonyl (C=O) groups is 1. The zero-order valence-electron chi connectivity index (χ0n) is 19.6. The maximum atomic E-state index is 13.4. The first kappa shape index (κ1) is 24.3. The molecule has 176 valence electrons. The highest BCUT2D eigenvalue weighted by Crippen LogP contribution is 2.31. The number of anilines is 1. The molecule has 1 N–H and O–H groups in total. The molecule has 1 aliphatic heterocycles. The average Bonchev–Trinajstić information content (AvgIpc) is 2.71. The van der Waals surface area contributed by atoms with Crippen molar-refractivity contribution in [1.82, 2.24) is 14.5 Å². The van der Waals surface area contributed by atoms with Crippen LogP contribution in [0.15, 0.2) is 41.3 Å². The van der Waals surface area contributed by atoms with Gasteiger partial charge in [0.05, 0.1) is 4.90 Å². The van der Waals surface area contributed by atoms with Gasteiger partial charge in [-0.25, -0.2) is 13.2 Å². The van der Waals surface area contributed by atoms with Crippen LogP contribution in [0, 0.1) is 0 Å². The van der Waals surface area contributed by atoms with Crippen molar-refractivity contribution in [3.05, 3.63) is 36.4 Å². The molecule has 0 radical (unpaired) electrons. The fourth-order valence-electron chi connectivity index (χ4n) is 3.84. The van der Waals surface area contributed by atoms with Crippen molar-refractivity contribution in [2.45, 2.75) is 31.3 Å². The number of nitrogens with one attached hydrogen (secondary N) is 1. The molecule has 1 amide bonds. The Bertz CT molecular complexity index is 1060. The molecule has 0 bridgehead atoms. The van der Waals surface area contributed by atoms with Gasteiger partial charge in [0, 0.05) is 69.8 Å². The summed E-state index contributed by atoms with van der Waals surface area (Å²) in [5, 5.41) is 4.41. The summed E-state index contributed by atoms with van der Waals surface area (Å²) in [5.74, 6) is 0. The van der Waals surface area contributed by atoms with Crippen molar-refractivity contribution in [3.8, 4) is 0 Å². The van der Waals surface area contributed by atoms with E-state index in [9.17, 15) is 13.2 Å². The van der Waals surface area contributed by atoms with E-state index in [0.717, 1.165) is 16.5 Å². The van der Waals surface area contributed by atoms with Gasteiger partial charge in [0.1, 0.15) is 5.60 Å². The maximum absolute atomic E-state index is 13.4. The highest BCUT2D eigenvalue weighted by Gasteiger charge is 2.30. The maximum Gasteiger partial charge on any atom is 0.407 e. The highest BCUT2D eigenvalue weighted by molar-refractivity contribution is 7.89. The van der Waals surface area contributed by atoms with Crippen LogP contribution in [0.5, 0.6) is 0 Å². The van der Waals surface area contributed by atoms with Crippen molar-refractivity contribution in [2.75, 3.05) is 58.3 Å². The molecule has 9 heteroatoms. The number of piperazine rings is 1. The number of fused-ring (bicyclic) bond motifs is 1. The lowest BCUT2D eigenvalue weighted by molar-refractivity contribution is 0.0520. The Morgan fingerprint density at radius 1 is 1.03 bits per heavy atom. The third-order valence-electron chi connectivity index (χ3n) is 5.39. The predicted molar refractivity (Wildman–Crippen MR) is 128 cm³/mol. The van der Waals surface area contributed by atoms with E-state index >= 15 is 0 Å². The quantitative estimate of drug-likeness (QED) is 0.711. The number of alkyl carbamates (subject to hydrolysis) is 1. The van der Waals surface area contributed by atoms with E-state index < -0.39 is 21.7 Å². The van der Waals surface area contributed by atoms with Crippen LogP contribution in [0.4, 0.5) is 10.5 Å². The molecule has 1 saturated heterocycles. The normalized spacial score (nSPS) is 16.2. The van der Waals surface area contributed by atoms with Crippen LogP contribution >= 0.6 is 0 Å². The van der Waals surface area contributed by atoms with E-state index in [4.69, 9.17) is 4.74 Å². The molecule has 0 spiro atoms. The van der Waals surface area contributed by atoms with Gasteiger partial charge in [-0.2, -0.15) is 4.31 Å². The Balaban J connectivity index is 1.63. The lowest BCUT2D eigenvalue weighted by Gasteiger charge is -2.34. The van der Waals surface area contributed by atoms with E-state index in [1.54, 1.807) is 16.4 Å². The third-order valence-corrected chi connectivity index (χ3v) is 7.34. The van der Waals surface area contributed by atoms with Gasteiger partial charge >= 0.3 is 6.09 Å². The second-order valence-electron chi connectivity index (χ2n) is 9.20. The number of ether oxygens (including phenoxy) is 1. The Hall–Kier alpha value is -2.36. The van der Waals surface area contributed by atoms with Crippen LogP contribution in [0.3, 0.4) is 0 Å². The van der Waals surface area contributed by atoms with E-state index in [1.165, 1.54) is 0 Å². The summed E-state index contributed by atoms with van der Waals surface area (Å²) in [4.78, 5) is 16.3. The zero-order chi connectivity index (χ0) is 23.5. The van der Waals surface area contributed by atoms with Gasteiger partial charge in [-0.3, -0.25) is 4.90 Å². The molecule has 0 atom stereocenters. The molecule has 0 saturated carbocycles. The first-order chi connectivity index (χ1) is 15.0. The second-order valence-corrected chi connectivity index (χ2v) is 11.1. The minimum atomic E-state index is -3.61. The largest absolute Gasteiger partial charge is 0.444 e. The van der Waals surface area contributed by atoms with Crippen molar-refractivity contribution in [2.24, 2.45) is 0 Å². The topological polar surface area (TPSA) is 82.2 Å². The Morgan fingerprint density at radius 2 is 1.66 bits per heavy atom. The minimum Gasteiger partial charge on any atom is -0.444 e. The van der Waals surface area contributed by atoms with E-state index in [2.05, 4.69) is 10.2 Å². The van der Waals surface area contributed by atoms with Crippen LogP contribution in [-0.4, -0.2) is 82.7 Å². The summed E-state index contributed by atoms with van der Waals surface area (Å²) in [6, 6.07) is 11.2. The molecular weight excluding hydrogens is 428 g/mol. The van der Waals surface area contributed by atoms with Crippen LogP contribution in [-0.2, 0) is 14.8 Å². The fourth-order valence-corrected chi connectivity index (χ4v) is 5.47. The smallest absolute Gasteiger partial charge is 0.407 e. The van der Waals surface area contributed by atoms with Crippen LogP contribution in [0.1, 0.15) is 20.8 Å². The average molecular weight is 463 g/mol. The molecule has 2 aromatic rings. The van der Waals surface area contributed by atoms with Crippen molar-refractivity contribution in [1.29, 1.82) is 0 Å². The van der Waals surface area contributed by atoms with Crippen LogP contribution < -0.4 is 10.2 Å². The molecule has 1 aliphatic rings. The Kier molecular flexibility index (Phi) is 7.32. The monoisotopic (exact) mass is 462 g/mol. The summed E-state index contributed by atoms with van der Waals surface area (Å²) in [5.41, 5.74) is 0.459. The van der Waals surface area contributed by atoms with Gasteiger partial charge in [-0.1, -0.05) is 24.3 Å². The van der Waals surface area contributed by atoms with Gasteiger partial charge in [0.15, 0.2) is 0 Å². The van der Waals surface area contributed by atoms with Crippen LogP contribution in [0.2, 0.25) is 0 Å². The Labute approximate surface area is 191 Å². The van der Waals surface area contributed by atoms with E-state index in [0.29, 0.717) is 44.2 Å². The number of carbonyl (C=O) groups excluding carboxylic acids is 1. The molecule has 3 rings (SSSR count). The second kappa shape index (κ2) is 9.64. The predicted octanol–water partition coefficient (Wildman–Crippen LogP) is 2.74. The van der Waals surface area contributed by atoms with Crippen LogP contribution in [0.25, 0.3) is 10.8 Å². The molecule has 1 fully saturated rings. The molecule has 0 aliphatic carbocycles. The van der Waals surface area contributed by atoms with Crippen molar-refractivity contribution in [3.63, 3.8) is 0 Å². The number of sulfonamides is 1. The molecule has 0 unspecified atom stereocenters. The number of benzene rings is 2. The third kappa shape index (κ3) is 5.70. The lowest BCUT2D eigenvalue weighted by atomic mass is 10.1. The molecule has 32 heavy (non-hydrogen) atoms. The minimum absolute atomic E-state index is 0.346. The van der Waals surface area contributed by atoms with Gasteiger partial charge < -0.3 is 15.0 Å². The van der Waals surface area contributed by atoms with E-state index in [1.807, 2.05) is 64.0 Å². The summed E-state index contributed by atoms with van der Waals surface area (Å²) in [6.07, 6.45) is -0.438. The molecular formula is C23H34N4O4S. The Morgan fingerprint density at radius 3 is 2.28 bits per heavy atom. The zero-order valence-corrected chi connectivity index (χ0v) is 20.4. The van der Waals surface area contributed by atoms with Gasteiger partial charge in [0.25, 0.3) is 0 Å². The van der Waals surface area contributed by atoms with Gasteiger partial charge in [-0.05, 0) is 32.9 Å². The standard InChI is InChI=1S/C23H34N4O4S/c1-23(2,3)31-22(28)24-12-13-26-14-16-27(17-15-26)32(29,30)21-11-7-8-18-19(21)9-6-10-20(18)25(4)5/h6-11H,12-17H2,1-5H3,(H,24,28). The fraction of sp³-hybridized carbons (Fsp3) is 0.522. The summed E-state index contributed by atoms with van der Waals surface area (Å²) in [7, 11) is 0.292. The number of hydrogen-bond acceptors (Lipinski definition) is 6. The van der Waals surface area contributed by atoms with Gasteiger partial charge in [-0.15, -0.1) is 0 Å².